The molecule has 0 aliphatic rings. The van der Waals surface area contributed by atoms with Crippen LogP contribution in [0.1, 0.15) is 45.7 Å². The van der Waals surface area contributed by atoms with Gasteiger partial charge in [-0.3, -0.25) is 4.21 Å². The molecule has 2 rings (SSSR count). The highest BCUT2D eigenvalue weighted by Crippen LogP contribution is 2.31. The van der Waals surface area contributed by atoms with Crippen LogP contribution in [-0.4, -0.2) is 21.2 Å². The highest BCUT2D eigenvalue weighted by Gasteiger charge is 2.39. The average molecular weight is 388 g/mol. The first-order valence-electron chi connectivity index (χ1n) is 9.07. The van der Waals surface area contributed by atoms with E-state index in [-0.39, 0.29) is 5.25 Å². The third-order valence-electron chi connectivity index (χ3n) is 4.52. The Morgan fingerprint density at radius 1 is 1.00 bits per heavy atom. The maximum atomic E-state index is 13.3. The van der Waals surface area contributed by atoms with E-state index in [0.29, 0.717) is 0 Å². The van der Waals surface area contributed by atoms with Crippen LogP contribution in [0.2, 0.25) is 0 Å². The van der Waals surface area contributed by atoms with Crippen molar-refractivity contribution in [3.63, 3.8) is 0 Å². The summed E-state index contributed by atoms with van der Waals surface area (Å²) in [6.07, 6.45) is -0.526. The number of alkyl carbamates (subject to hydrolysis) is 1. The Hall–Kier alpha value is -2.14. The number of hydrogen-bond acceptors (Lipinski definition) is 3. The minimum absolute atomic E-state index is 0.380. The SMILES string of the molecule is Cc1ccc([S@](=O)[C@@H](C)[C@@](C)(NC(=O)OC(C)(C)C)c2ccccc2)cc1. The number of benzene rings is 2. The van der Waals surface area contributed by atoms with Gasteiger partial charge >= 0.3 is 6.09 Å². The van der Waals surface area contributed by atoms with Crippen LogP contribution in [0.4, 0.5) is 4.79 Å². The lowest BCUT2D eigenvalue weighted by atomic mass is 9.89. The minimum atomic E-state index is -1.32. The van der Waals surface area contributed by atoms with Crippen LogP contribution in [0.15, 0.2) is 59.5 Å². The molecule has 1 N–H and O–H groups in total. The van der Waals surface area contributed by atoms with Gasteiger partial charge in [0.1, 0.15) is 5.60 Å². The van der Waals surface area contributed by atoms with Gasteiger partial charge in [0.2, 0.25) is 0 Å². The Bertz CT molecular complexity index is 797. The van der Waals surface area contributed by atoms with Crippen molar-refractivity contribution in [2.75, 3.05) is 0 Å². The zero-order chi connectivity index (χ0) is 20.2. The van der Waals surface area contributed by atoms with Crippen LogP contribution < -0.4 is 5.32 Å². The van der Waals surface area contributed by atoms with E-state index in [1.807, 2.05) is 96.1 Å². The predicted molar refractivity (Wildman–Crippen MR) is 110 cm³/mol. The summed E-state index contributed by atoms with van der Waals surface area (Å²) in [7, 11) is -1.32. The molecule has 0 aromatic heterocycles. The van der Waals surface area contributed by atoms with Gasteiger partial charge in [0, 0.05) is 4.90 Å². The van der Waals surface area contributed by atoms with E-state index in [1.54, 1.807) is 0 Å². The Morgan fingerprint density at radius 2 is 1.56 bits per heavy atom. The van der Waals surface area contributed by atoms with Gasteiger partial charge in [-0.05, 0) is 59.2 Å². The average Bonchev–Trinajstić information content (AvgIpc) is 2.60. The van der Waals surface area contributed by atoms with E-state index in [0.717, 1.165) is 16.0 Å². The van der Waals surface area contributed by atoms with E-state index in [4.69, 9.17) is 4.74 Å². The molecule has 0 heterocycles. The van der Waals surface area contributed by atoms with Crippen molar-refractivity contribution >= 4 is 16.9 Å². The second kappa shape index (κ2) is 8.26. The van der Waals surface area contributed by atoms with Crippen molar-refractivity contribution < 1.29 is 13.7 Å². The van der Waals surface area contributed by atoms with E-state index < -0.39 is 28.0 Å². The van der Waals surface area contributed by atoms with Gasteiger partial charge in [0.05, 0.1) is 21.6 Å². The summed E-state index contributed by atoms with van der Waals surface area (Å²) in [5, 5.41) is 2.59. The number of hydrogen-bond donors (Lipinski definition) is 1. The summed E-state index contributed by atoms with van der Waals surface area (Å²) in [6.45, 7) is 11.2. The molecule has 0 saturated carbocycles. The van der Waals surface area contributed by atoms with Crippen molar-refractivity contribution in [3.8, 4) is 0 Å². The Kier molecular flexibility index (Phi) is 6.47. The second-order valence-corrected chi connectivity index (χ2v) is 9.72. The largest absolute Gasteiger partial charge is 0.444 e. The molecule has 5 heteroatoms. The molecule has 1 amide bonds. The minimum Gasteiger partial charge on any atom is -0.444 e. The van der Waals surface area contributed by atoms with E-state index in [9.17, 15) is 9.00 Å². The first-order valence-corrected chi connectivity index (χ1v) is 10.3. The first-order chi connectivity index (χ1) is 12.5. The number of aryl methyl sites for hydroxylation is 1. The summed E-state index contributed by atoms with van der Waals surface area (Å²) >= 11 is 0. The number of carbonyl (C=O) groups is 1. The Labute approximate surface area is 164 Å². The lowest BCUT2D eigenvalue weighted by Crippen LogP contribution is -2.53. The third kappa shape index (κ3) is 5.42. The monoisotopic (exact) mass is 387 g/mol. The molecule has 0 radical (unpaired) electrons. The van der Waals surface area contributed by atoms with E-state index in [2.05, 4.69) is 5.32 Å². The number of amides is 1. The maximum absolute atomic E-state index is 13.3. The van der Waals surface area contributed by atoms with Crippen molar-refractivity contribution in [1.82, 2.24) is 5.32 Å². The van der Waals surface area contributed by atoms with Crippen LogP contribution in [0.5, 0.6) is 0 Å². The van der Waals surface area contributed by atoms with Gasteiger partial charge in [-0.2, -0.15) is 0 Å². The molecule has 4 nitrogen and oxygen atoms in total. The second-order valence-electron chi connectivity index (χ2n) is 7.95. The smallest absolute Gasteiger partial charge is 0.408 e. The quantitative estimate of drug-likeness (QED) is 0.791. The number of ether oxygens (including phenoxy) is 1. The molecule has 0 unspecified atom stereocenters. The fourth-order valence-electron chi connectivity index (χ4n) is 2.80. The molecule has 0 fully saturated rings. The van der Waals surface area contributed by atoms with Gasteiger partial charge in [0.25, 0.3) is 0 Å². The fourth-order valence-corrected chi connectivity index (χ4v) is 4.23. The Morgan fingerprint density at radius 3 is 2.07 bits per heavy atom. The molecule has 0 aliphatic heterocycles. The lowest BCUT2D eigenvalue weighted by Gasteiger charge is -2.37. The van der Waals surface area contributed by atoms with Crippen molar-refractivity contribution in [3.05, 3.63) is 65.7 Å². The van der Waals surface area contributed by atoms with Gasteiger partial charge in [0.15, 0.2) is 0 Å². The molecule has 0 spiro atoms. The lowest BCUT2D eigenvalue weighted by molar-refractivity contribution is 0.0460. The topological polar surface area (TPSA) is 55.4 Å². The number of rotatable bonds is 5. The number of nitrogens with one attached hydrogen (secondary N) is 1. The van der Waals surface area contributed by atoms with Crippen LogP contribution >= 0.6 is 0 Å². The van der Waals surface area contributed by atoms with Gasteiger partial charge in [-0.15, -0.1) is 0 Å². The summed E-state index contributed by atoms with van der Waals surface area (Å²) in [5.41, 5.74) is 0.519. The van der Waals surface area contributed by atoms with Gasteiger partial charge in [-0.1, -0.05) is 48.0 Å². The van der Waals surface area contributed by atoms with Crippen LogP contribution in [-0.2, 0) is 21.1 Å². The van der Waals surface area contributed by atoms with Gasteiger partial charge in [-0.25, -0.2) is 4.79 Å². The maximum Gasteiger partial charge on any atom is 0.408 e. The molecular weight excluding hydrogens is 358 g/mol. The molecule has 27 heavy (non-hydrogen) atoms. The molecule has 0 aliphatic carbocycles. The first kappa shape index (κ1) is 21.2. The van der Waals surface area contributed by atoms with Crippen molar-refractivity contribution in [1.29, 1.82) is 0 Å². The van der Waals surface area contributed by atoms with Crippen LogP contribution in [0.3, 0.4) is 0 Å². The standard InChI is InChI=1S/C22H29NO3S/c1-16-12-14-19(15-13-16)27(25)17(2)22(6,18-10-8-7-9-11-18)23-20(24)26-21(3,4)5/h7-15,17H,1-6H3,(H,23,24)/t17-,22+,27+/m0/s1. The molecule has 3 atom stereocenters. The zero-order valence-corrected chi connectivity index (χ0v) is 17.7. The fraction of sp³-hybridized carbons (Fsp3) is 0.409. The molecule has 146 valence electrons. The van der Waals surface area contributed by atoms with E-state index >= 15 is 0 Å². The predicted octanol–water partition coefficient (Wildman–Crippen LogP) is 4.93. The van der Waals surface area contributed by atoms with Crippen LogP contribution in [0, 0.1) is 6.92 Å². The summed E-state index contributed by atoms with van der Waals surface area (Å²) in [5.74, 6) is 0. The normalized spacial score (nSPS) is 16.1. The molecule has 2 aromatic carbocycles. The molecule has 0 saturated heterocycles. The summed E-state index contributed by atoms with van der Waals surface area (Å²) in [4.78, 5) is 13.3. The third-order valence-corrected chi connectivity index (χ3v) is 6.37. The van der Waals surface area contributed by atoms with Crippen molar-refractivity contribution in [2.24, 2.45) is 0 Å². The highest BCUT2D eigenvalue weighted by atomic mass is 32.2. The summed E-state index contributed by atoms with van der Waals surface area (Å²) < 4.78 is 18.7. The summed E-state index contributed by atoms with van der Waals surface area (Å²) in [6, 6.07) is 17.2. The highest BCUT2D eigenvalue weighted by molar-refractivity contribution is 7.85. The molecular formula is C22H29NO3S. The van der Waals surface area contributed by atoms with Gasteiger partial charge < -0.3 is 10.1 Å². The Balaban J connectivity index is 2.38. The number of carbonyl (C=O) groups excluding carboxylic acids is 1. The van der Waals surface area contributed by atoms with Crippen molar-refractivity contribution in [2.45, 2.75) is 62.8 Å². The van der Waals surface area contributed by atoms with E-state index in [1.165, 1.54) is 0 Å². The molecule has 2 aromatic rings. The molecule has 0 bridgehead atoms. The zero-order valence-electron chi connectivity index (χ0n) is 16.9. The van der Waals surface area contributed by atoms with Crippen LogP contribution in [0.25, 0.3) is 0 Å².